The molecule has 1 saturated heterocycles. The fourth-order valence-corrected chi connectivity index (χ4v) is 3.70. The molecule has 1 N–H and O–H groups in total. The third kappa shape index (κ3) is 5.35. The second-order valence-corrected chi connectivity index (χ2v) is 7.16. The van der Waals surface area contributed by atoms with Crippen LogP contribution in [0.2, 0.25) is 0 Å². The Labute approximate surface area is 166 Å². The van der Waals surface area contributed by atoms with Crippen molar-refractivity contribution in [3.8, 4) is 5.75 Å². The minimum Gasteiger partial charge on any atom is -0.497 e. The predicted octanol–water partition coefficient (Wildman–Crippen LogP) is 3.50. The van der Waals surface area contributed by atoms with E-state index >= 15 is 0 Å². The van der Waals surface area contributed by atoms with Gasteiger partial charge in [-0.15, -0.1) is 0 Å². The van der Waals surface area contributed by atoms with Gasteiger partial charge in [-0.05, 0) is 36.1 Å². The Morgan fingerprint density at radius 1 is 1.04 bits per heavy atom. The largest absolute Gasteiger partial charge is 0.497 e. The number of hydrogen-bond acceptors (Lipinski definition) is 3. The molecule has 3 rings (SSSR count). The van der Waals surface area contributed by atoms with Crippen LogP contribution in [0.1, 0.15) is 42.9 Å². The van der Waals surface area contributed by atoms with Gasteiger partial charge in [0.25, 0.3) is 0 Å². The molecule has 1 heterocycles. The molecular formula is C23H28N2O3. The molecule has 0 radical (unpaired) electrons. The second-order valence-electron chi connectivity index (χ2n) is 7.16. The molecule has 1 atom stereocenters. The van der Waals surface area contributed by atoms with Crippen LogP contribution in [-0.2, 0) is 16.0 Å². The Hall–Kier alpha value is -2.82. The van der Waals surface area contributed by atoms with Crippen LogP contribution in [0.25, 0.3) is 0 Å². The molecule has 5 heteroatoms. The van der Waals surface area contributed by atoms with Crippen molar-refractivity contribution < 1.29 is 14.3 Å². The quantitative estimate of drug-likeness (QED) is 0.834. The summed E-state index contributed by atoms with van der Waals surface area (Å²) < 4.78 is 5.24. The number of likely N-dealkylation sites (tertiary alicyclic amines) is 1. The summed E-state index contributed by atoms with van der Waals surface area (Å²) in [7, 11) is 1.65. The molecule has 1 aliphatic heterocycles. The van der Waals surface area contributed by atoms with Gasteiger partial charge in [0.1, 0.15) is 5.75 Å². The number of carbonyl (C=O) groups excluding carboxylic acids is 2. The van der Waals surface area contributed by atoms with Crippen molar-refractivity contribution in [1.29, 1.82) is 0 Å². The number of nitrogens with one attached hydrogen (secondary N) is 1. The lowest BCUT2D eigenvalue weighted by molar-refractivity contribution is -0.134. The Morgan fingerprint density at radius 3 is 2.50 bits per heavy atom. The molecule has 2 aromatic carbocycles. The monoisotopic (exact) mass is 380 g/mol. The van der Waals surface area contributed by atoms with Gasteiger partial charge in [0.05, 0.1) is 26.1 Å². The Balaban J connectivity index is 1.62. The summed E-state index contributed by atoms with van der Waals surface area (Å²) in [5.41, 5.74) is 2.06. The van der Waals surface area contributed by atoms with E-state index in [0.717, 1.165) is 49.1 Å². The van der Waals surface area contributed by atoms with Gasteiger partial charge in [0.15, 0.2) is 0 Å². The molecule has 0 aromatic heterocycles. The van der Waals surface area contributed by atoms with Gasteiger partial charge in [0.2, 0.25) is 11.8 Å². The lowest BCUT2D eigenvalue weighted by Crippen LogP contribution is -2.42. The zero-order chi connectivity index (χ0) is 19.8. The smallest absolute Gasteiger partial charge is 0.242 e. The summed E-state index contributed by atoms with van der Waals surface area (Å²) in [6.07, 6.45) is 4.44. The maximum atomic E-state index is 12.9. The molecule has 28 heavy (non-hydrogen) atoms. The lowest BCUT2D eigenvalue weighted by Gasteiger charge is -2.30. The van der Waals surface area contributed by atoms with Crippen molar-refractivity contribution in [3.05, 3.63) is 65.7 Å². The third-order valence-electron chi connectivity index (χ3n) is 5.22. The third-order valence-corrected chi connectivity index (χ3v) is 5.22. The zero-order valence-corrected chi connectivity index (χ0v) is 16.4. The summed E-state index contributed by atoms with van der Waals surface area (Å²) in [6.45, 7) is 0.766. The number of benzene rings is 2. The molecule has 0 saturated carbocycles. The average molecular weight is 380 g/mol. The van der Waals surface area contributed by atoms with E-state index in [4.69, 9.17) is 4.74 Å². The fourth-order valence-electron chi connectivity index (χ4n) is 3.70. The topological polar surface area (TPSA) is 58.6 Å². The highest BCUT2D eigenvalue weighted by atomic mass is 16.5. The van der Waals surface area contributed by atoms with Gasteiger partial charge in [-0.3, -0.25) is 9.59 Å². The average Bonchev–Trinajstić information content (AvgIpc) is 2.99. The predicted molar refractivity (Wildman–Crippen MR) is 109 cm³/mol. The summed E-state index contributed by atoms with van der Waals surface area (Å²) >= 11 is 0. The summed E-state index contributed by atoms with van der Waals surface area (Å²) in [4.78, 5) is 27.0. The van der Waals surface area contributed by atoms with Crippen LogP contribution in [0.15, 0.2) is 54.6 Å². The van der Waals surface area contributed by atoms with Crippen molar-refractivity contribution in [3.63, 3.8) is 0 Å². The van der Waals surface area contributed by atoms with E-state index in [9.17, 15) is 9.59 Å². The molecular weight excluding hydrogens is 352 g/mol. The van der Waals surface area contributed by atoms with Crippen molar-refractivity contribution in [2.45, 2.75) is 38.1 Å². The zero-order valence-electron chi connectivity index (χ0n) is 16.4. The maximum Gasteiger partial charge on any atom is 0.242 e. The highest BCUT2D eigenvalue weighted by molar-refractivity contribution is 5.86. The first-order chi connectivity index (χ1) is 13.7. The van der Waals surface area contributed by atoms with Gasteiger partial charge in [0, 0.05) is 6.54 Å². The highest BCUT2D eigenvalue weighted by Crippen LogP contribution is 2.31. The van der Waals surface area contributed by atoms with Gasteiger partial charge in [-0.2, -0.15) is 0 Å². The van der Waals surface area contributed by atoms with Crippen molar-refractivity contribution in [2.75, 3.05) is 20.2 Å². The number of rotatable bonds is 6. The molecule has 0 aliphatic carbocycles. The number of hydrogen-bond donors (Lipinski definition) is 1. The molecule has 1 fully saturated rings. The fraction of sp³-hybridized carbons (Fsp3) is 0.391. The van der Waals surface area contributed by atoms with Crippen molar-refractivity contribution in [1.82, 2.24) is 10.2 Å². The van der Waals surface area contributed by atoms with Gasteiger partial charge < -0.3 is 15.0 Å². The van der Waals surface area contributed by atoms with E-state index in [0.29, 0.717) is 0 Å². The van der Waals surface area contributed by atoms with Crippen LogP contribution < -0.4 is 10.1 Å². The number of amides is 2. The number of nitrogens with zero attached hydrogens (tertiary/aromatic N) is 1. The van der Waals surface area contributed by atoms with E-state index in [2.05, 4.69) is 5.32 Å². The van der Waals surface area contributed by atoms with E-state index in [1.807, 2.05) is 59.5 Å². The molecule has 2 amide bonds. The number of methoxy groups -OCH3 is 1. The van der Waals surface area contributed by atoms with Crippen LogP contribution >= 0.6 is 0 Å². The van der Waals surface area contributed by atoms with Crippen molar-refractivity contribution in [2.24, 2.45) is 0 Å². The van der Waals surface area contributed by atoms with Crippen LogP contribution in [0.4, 0.5) is 0 Å². The lowest BCUT2D eigenvalue weighted by atomic mass is 10.0. The Bertz CT molecular complexity index is 774. The van der Waals surface area contributed by atoms with Crippen LogP contribution in [0, 0.1) is 0 Å². The maximum absolute atomic E-state index is 12.9. The van der Waals surface area contributed by atoms with E-state index in [1.54, 1.807) is 7.11 Å². The van der Waals surface area contributed by atoms with E-state index in [-0.39, 0.29) is 30.8 Å². The van der Waals surface area contributed by atoms with Crippen LogP contribution in [-0.4, -0.2) is 36.9 Å². The van der Waals surface area contributed by atoms with Crippen LogP contribution in [0.3, 0.4) is 0 Å². The first kappa shape index (κ1) is 19.9. The highest BCUT2D eigenvalue weighted by Gasteiger charge is 2.26. The molecule has 0 spiro atoms. The molecule has 148 valence electrons. The number of ether oxygens (including phenoxy) is 1. The SMILES string of the molecule is COc1ccc([C@H]2CCCCCN2C(=O)CNC(=O)Cc2ccccc2)cc1. The van der Waals surface area contributed by atoms with Crippen molar-refractivity contribution >= 4 is 11.8 Å². The molecule has 1 aliphatic rings. The van der Waals surface area contributed by atoms with Gasteiger partial charge in [-0.1, -0.05) is 55.3 Å². The molecule has 5 nitrogen and oxygen atoms in total. The van der Waals surface area contributed by atoms with E-state index < -0.39 is 0 Å². The minimum atomic E-state index is -0.129. The Kier molecular flexibility index (Phi) is 7.06. The normalized spacial score (nSPS) is 16.9. The summed E-state index contributed by atoms with van der Waals surface area (Å²) in [5, 5.41) is 2.79. The molecule has 0 bridgehead atoms. The van der Waals surface area contributed by atoms with Gasteiger partial charge in [-0.25, -0.2) is 0 Å². The minimum absolute atomic E-state index is 0.0240. The van der Waals surface area contributed by atoms with Crippen LogP contribution in [0.5, 0.6) is 5.75 Å². The number of carbonyl (C=O) groups is 2. The summed E-state index contributed by atoms with van der Waals surface area (Å²) in [6, 6.07) is 17.5. The van der Waals surface area contributed by atoms with Gasteiger partial charge >= 0.3 is 0 Å². The Morgan fingerprint density at radius 2 is 1.79 bits per heavy atom. The standard InChI is InChI=1S/C23H28N2O3/c1-28-20-13-11-19(12-14-20)21-10-6-3-7-15-25(21)23(27)17-24-22(26)16-18-8-4-2-5-9-18/h2,4-5,8-9,11-14,21H,3,6-7,10,15-17H2,1H3,(H,24,26)/t21-/m1/s1. The van der Waals surface area contributed by atoms with E-state index in [1.165, 1.54) is 0 Å². The first-order valence-electron chi connectivity index (χ1n) is 9.91. The summed E-state index contributed by atoms with van der Waals surface area (Å²) in [5.74, 6) is 0.655. The second kappa shape index (κ2) is 9.93. The molecule has 2 aromatic rings. The molecule has 0 unspecified atom stereocenters. The first-order valence-corrected chi connectivity index (χ1v) is 9.91.